The molecule has 3 aliphatic heterocycles. The van der Waals surface area contributed by atoms with Gasteiger partial charge in [0.25, 0.3) is 0 Å². The van der Waals surface area contributed by atoms with Gasteiger partial charge in [-0.2, -0.15) is 0 Å². The van der Waals surface area contributed by atoms with Crippen molar-refractivity contribution in [2.24, 2.45) is 5.92 Å². The molecule has 3 aliphatic rings. The molecule has 2 saturated heterocycles. The van der Waals surface area contributed by atoms with Crippen LogP contribution >= 0.6 is 11.6 Å². The number of likely N-dealkylation sites (tertiary alicyclic amines) is 1. The highest BCUT2D eigenvalue weighted by atomic mass is 35.5. The van der Waals surface area contributed by atoms with Crippen LogP contribution in [0.4, 0.5) is 0 Å². The Hall–Kier alpha value is -1.22. The molecular formula is C27H43ClN4O3. The van der Waals surface area contributed by atoms with Gasteiger partial charge in [-0.1, -0.05) is 17.7 Å². The average Bonchev–Trinajstić information content (AvgIpc) is 2.87. The summed E-state index contributed by atoms with van der Waals surface area (Å²) in [5.74, 6) is 0.346. The van der Waals surface area contributed by atoms with Gasteiger partial charge in [0.05, 0.1) is 25.2 Å². The van der Waals surface area contributed by atoms with E-state index in [0.717, 1.165) is 89.7 Å². The molecule has 4 rings (SSSR count). The predicted molar refractivity (Wildman–Crippen MR) is 140 cm³/mol. The van der Waals surface area contributed by atoms with Gasteiger partial charge in [0.15, 0.2) is 0 Å². The number of carbonyl (C=O) groups excluding carboxylic acids is 1. The van der Waals surface area contributed by atoms with E-state index in [0.29, 0.717) is 12.5 Å². The third-order valence-electron chi connectivity index (χ3n) is 8.26. The molecule has 8 heteroatoms. The van der Waals surface area contributed by atoms with Gasteiger partial charge in [0, 0.05) is 64.6 Å². The van der Waals surface area contributed by atoms with Gasteiger partial charge in [0.2, 0.25) is 5.91 Å². The van der Waals surface area contributed by atoms with E-state index in [1.54, 1.807) is 14.2 Å². The van der Waals surface area contributed by atoms with Crippen LogP contribution in [0.2, 0.25) is 5.02 Å². The third-order valence-corrected chi connectivity index (χ3v) is 8.50. The van der Waals surface area contributed by atoms with E-state index in [-0.39, 0.29) is 18.0 Å². The van der Waals surface area contributed by atoms with E-state index in [4.69, 9.17) is 21.1 Å². The van der Waals surface area contributed by atoms with E-state index < -0.39 is 0 Å². The Morgan fingerprint density at radius 1 is 1.03 bits per heavy atom. The number of ether oxygens (including phenoxy) is 2. The first-order valence-corrected chi connectivity index (χ1v) is 13.6. The van der Waals surface area contributed by atoms with Crippen LogP contribution < -0.4 is 0 Å². The minimum Gasteiger partial charge on any atom is -0.383 e. The maximum atomic E-state index is 14.1. The lowest BCUT2D eigenvalue weighted by molar-refractivity contribution is -0.144. The summed E-state index contributed by atoms with van der Waals surface area (Å²) < 4.78 is 10.8. The summed E-state index contributed by atoms with van der Waals surface area (Å²) >= 11 is 6.26. The van der Waals surface area contributed by atoms with E-state index in [9.17, 15) is 4.79 Å². The summed E-state index contributed by atoms with van der Waals surface area (Å²) in [4.78, 5) is 23.6. The van der Waals surface area contributed by atoms with Crippen LogP contribution in [0.5, 0.6) is 0 Å². The smallest absolute Gasteiger partial charge is 0.227 e. The second-order valence-electron chi connectivity index (χ2n) is 10.4. The summed E-state index contributed by atoms with van der Waals surface area (Å²) in [6, 6.07) is 6.31. The van der Waals surface area contributed by atoms with E-state index in [1.165, 1.54) is 11.1 Å². The lowest BCUT2D eigenvalue weighted by atomic mass is 9.84. The molecule has 1 aromatic carbocycles. The predicted octanol–water partition coefficient (Wildman–Crippen LogP) is 2.78. The molecule has 1 aromatic rings. The lowest BCUT2D eigenvalue weighted by Crippen LogP contribution is -2.54. The van der Waals surface area contributed by atoms with Gasteiger partial charge < -0.3 is 24.2 Å². The minimum atomic E-state index is -0.0402. The molecule has 1 amide bonds. The lowest BCUT2D eigenvalue weighted by Gasteiger charge is -2.45. The maximum absolute atomic E-state index is 14.1. The zero-order chi connectivity index (χ0) is 24.8. The summed E-state index contributed by atoms with van der Waals surface area (Å²) in [7, 11) is 5.69. The van der Waals surface area contributed by atoms with Crippen molar-refractivity contribution in [1.82, 2.24) is 19.6 Å². The first-order valence-electron chi connectivity index (χ1n) is 13.2. The normalized spacial score (nSPS) is 26.6. The number of methoxy groups -OCH3 is 2. The van der Waals surface area contributed by atoms with Crippen molar-refractivity contribution in [2.45, 2.75) is 37.8 Å². The van der Waals surface area contributed by atoms with Gasteiger partial charge in [-0.15, -0.1) is 0 Å². The molecule has 196 valence electrons. The number of nitrogens with zero attached hydrogens (tertiary/aromatic N) is 4. The van der Waals surface area contributed by atoms with Crippen LogP contribution in [0.25, 0.3) is 0 Å². The molecule has 3 atom stereocenters. The Kier molecular flexibility index (Phi) is 9.84. The average molecular weight is 507 g/mol. The SMILES string of the molecule is COCCN1CCN(CC[C@@H]2[C@H](C(=O)N3CCc4cc(Cl)ccc4C3COC)CCCN2C)CC1. The number of hydrogen-bond donors (Lipinski definition) is 0. The Morgan fingerprint density at radius 3 is 2.49 bits per heavy atom. The Bertz CT molecular complexity index is 833. The van der Waals surface area contributed by atoms with Crippen molar-refractivity contribution < 1.29 is 14.3 Å². The molecule has 3 heterocycles. The van der Waals surface area contributed by atoms with Gasteiger partial charge >= 0.3 is 0 Å². The minimum absolute atomic E-state index is 0.0402. The number of piperazine rings is 1. The first kappa shape index (κ1) is 26.8. The summed E-state index contributed by atoms with van der Waals surface area (Å²) in [5, 5.41) is 0.758. The number of fused-ring (bicyclic) bond motifs is 1. The highest BCUT2D eigenvalue weighted by molar-refractivity contribution is 6.30. The highest BCUT2D eigenvalue weighted by Crippen LogP contribution is 2.35. The molecule has 2 fully saturated rings. The van der Waals surface area contributed by atoms with Crippen LogP contribution in [-0.2, 0) is 20.7 Å². The monoisotopic (exact) mass is 506 g/mol. The number of benzene rings is 1. The fourth-order valence-corrected chi connectivity index (χ4v) is 6.40. The molecule has 0 aliphatic carbocycles. The fourth-order valence-electron chi connectivity index (χ4n) is 6.20. The third kappa shape index (κ3) is 6.56. The summed E-state index contributed by atoms with van der Waals surface area (Å²) in [6.45, 7) is 9.58. The number of hydrogen-bond acceptors (Lipinski definition) is 6. The van der Waals surface area contributed by atoms with Crippen LogP contribution in [0.15, 0.2) is 18.2 Å². The molecule has 1 unspecified atom stereocenters. The van der Waals surface area contributed by atoms with Gasteiger partial charge in [0.1, 0.15) is 0 Å². The molecule has 0 bridgehead atoms. The molecule has 0 spiro atoms. The Labute approximate surface area is 216 Å². The van der Waals surface area contributed by atoms with E-state index >= 15 is 0 Å². The van der Waals surface area contributed by atoms with Crippen molar-refractivity contribution in [1.29, 1.82) is 0 Å². The van der Waals surface area contributed by atoms with E-state index in [1.807, 2.05) is 12.1 Å². The van der Waals surface area contributed by atoms with E-state index in [2.05, 4.69) is 32.7 Å². The van der Waals surface area contributed by atoms with Gasteiger partial charge in [-0.25, -0.2) is 0 Å². The number of halogens is 1. The van der Waals surface area contributed by atoms with Crippen LogP contribution in [0.1, 0.15) is 36.4 Å². The van der Waals surface area contributed by atoms with Crippen molar-refractivity contribution in [3.63, 3.8) is 0 Å². The van der Waals surface area contributed by atoms with Crippen molar-refractivity contribution in [3.05, 3.63) is 34.3 Å². The standard InChI is InChI=1S/C27H43ClN4O3/c1-29-10-4-5-24(25(29)9-11-30-13-15-31(16-14-30)17-18-34-2)27(33)32-12-8-21-19-22(28)6-7-23(21)26(32)20-35-3/h6-7,19,24-26H,4-5,8-18,20H2,1-3H3/t24-,25-,26?/m1/s1. The number of piperidine rings is 1. The topological polar surface area (TPSA) is 48.5 Å². The Balaban J connectivity index is 1.40. The molecule has 0 saturated carbocycles. The van der Waals surface area contributed by atoms with Crippen LogP contribution in [0, 0.1) is 5.92 Å². The molecule has 0 aromatic heterocycles. The van der Waals surface area contributed by atoms with Crippen LogP contribution in [0.3, 0.4) is 0 Å². The van der Waals surface area contributed by atoms with Gasteiger partial charge in [-0.05, 0) is 69.1 Å². The van der Waals surface area contributed by atoms with Gasteiger partial charge in [-0.3, -0.25) is 9.69 Å². The molecule has 35 heavy (non-hydrogen) atoms. The van der Waals surface area contributed by atoms with Crippen molar-refractivity contribution >= 4 is 17.5 Å². The second kappa shape index (κ2) is 12.8. The second-order valence-corrected chi connectivity index (χ2v) is 10.8. The number of amides is 1. The fraction of sp³-hybridized carbons (Fsp3) is 0.741. The zero-order valence-electron chi connectivity index (χ0n) is 21.8. The molecule has 0 N–H and O–H groups in total. The largest absolute Gasteiger partial charge is 0.383 e. The van der Waals surface area contributed by atoms with Crippen molar-refractivity contribution in [2.75, 3.05) is 86.8 Å². The van der Waals surface area contributed by atoms with Crippen molar-refractivity contribution in [3.8, 4) is 0 Å². The summed E-state index contributed by atoms with van der Waals surface area (Å²) in [6.07, 6.45) is 3.95. The maximum Gasteiger partial charge on any atom is 0.227 e. The molecular weight excluding hydrogens is 464 g/mol. The number of rotatable bonds is 9. The first-order chi connectivity index (χ1) is 17.0. The number of carbonyl (C=O) groups is 1. The summed E-state index contributed by atoms with van der Waals surface area (Å²) in [5.41, 5.74) is 2.42. The van der Waals surface area contributed by atoms with Crippen LogP contribution in [-0.4, -0.2) is 118 Å². The quantitative estimate of drug-likeness (QED) is 0.513. The Morgan fingerprint density at radius 2 is 1.77 bits per heavy atom. The highest BCUT2D eigenvalue weighted by Gasteiger charge is 2.40. The molecule has 0 radical (unpaired) electrons. The molecule has 7 nitrogen and oxygen atoms in total. The zero-order valence-corrected chi connectivity index (χ0v) is 22.5.